The zero-order chi connectivity index (χ0) is 16.8. The van der Waals surface area contributed by atoms with Crippen molar-refractivity contribution in [1.29, 1.82) is 0 Å². The second kappa shape index (κ2) is 7.63. The number of carbonyl (C=O) groups is 1. The topological polar surface area (TPSA) is 77.7 Å². The number of methoxy groups -OCH3 is 1. The lowest BCUT2D eigenvalue weighted by Crippen LogP contribution is -2.43. The fraction of sp³-hybridized carbons (Fsp3) is 0.353. The van der Waals surface area contributed by atoms with E-state index >= 15 is 0 Å². The van der Waals surface area contributed by atoms with E-state index < -0.39 is 0 Å². The number of piperidine rings is 1. The molecule has 1 amide bonds. The van der Waals surface area contributed by atoms with Gasteiger partial charge >= 0.3 is 0 Å². The van der Waals surface area contributed by atoms with Crippen molar-refractivity contribution in [2.75, 3.05) is 20.2 Å². The molecule has 126 valence electrons. The number of rotatable bonds is 5. The summed E-state index contributed by atoms with van der Waals surface area (Å²) < 4.78 is 16.1. The van der Waals surface area contributed by atoms with E-state index in [9.17, 15) is 4.79 Å². The maximum atomic E-state index is 12.3. The summed E-state index contributed by atoms with van der Waals surface area (Å²) in [5, 5.41) is 0. The lowest BCUT2D eigenvalue weighted by Gasteiger charge is -2.31. The van der Waals surface area contributed by atoms with Crippen LogP contribution >= 0.6 is 0 Å². The standard InChI is InChI=1S/C17H19N3O4/c1-22-15-10-18-11-16(19-15)24-14-4-2-8-20(12-14)17(21)7-6-13-5-3-9-23-13/h3,5-7,9-11,14H,2,4,8,12H2,1H3/b7-6+/t14-/m1/s1. The van der Waals surface area contributed by atoms with Crippen LogP contribution in [0.15, 0.2) is 41.3 Å². The van der Waals surface area contributed by atoms with Crippen LogP contribution in [0.25, 0.3) is 6.08 Å². The molecule has 0 unspecified atom stereocenters. The fourth-order valence-corrected chi connectivity index (χ4v) is 2.54. The van der Waals surface area contributed by atoms with E-state index in [1.165, 1.54) is 19.4 Å². The smallest absolute Gasteiger partial charge is 0.246 e. The molecule has 7 heteroatoms. The van der Waals surface area contributed by atoms with Crippen LogP contribution in [0.3, 0.4) is 0 Å². The molecule has 0 aliphatic carbocycles. The first-order valence-corrected chi connectivity index (χ1v) is 7.78. The van der Waals surface area contributed by atoms with Crippen LogP contribution in [0, 0.1) is 0 Å². The molecule has 2 aromatic rings. The molecule has 0 spiro atoms. The third kappa shape index (κ3) is 4.13. The molecule has 1 fully saturated rings. The summed E-state index contributed by atoms with van der Waals surface area (Å²) in [6.07, 6.45) is 9.45. The Morgan fingerprint density at radius 2 is 2.29 bits per heavy atom. The molecule has 1 aliphatic heterocycles. The molecule has 3 heterocycles. The second-order valence-corrected chi connectivity index (χ2v) is 5.41. The first-order chi connectivity index (χ1) is 11.7. The minimum atomic E-state index is -0.110. The zero-order valence-corrected chi connectivity index (χ0v) is 13.4. The fourth-order valence-electron chi connectivity index (χ4n) is 2.54. The van der Waals surface area contributed by atoms with Crippen LogP contribution in [-0.4, -0.2) is 47.1 Å². The predicted octanol–water partition coefficient (Wildman–Crippen LogP) is 2.16. The number of aromatic nitrogens is 2. The maximum Gasteiger partial charge on any atom is 0.246 e. The van der Waals surface area contributed by atoms with E-state index in [2.05, 4.69) is 9.97 Å². The Hall–Kier alpha value is -2.83. The summed E-state index contributed by atoms with van der Waals surface area (Å²) in [4.78, 5) is 22.3. The Morgan fingerprint density at radius 1 is 1.42 bits per heavy atom. The van der Waals surface area contributed by atoms with E-state index in [-0.39, 0.29) is 12.0 Å². The highest BCUT2D eigenvalue weighted by molar-refractivity contribution is 5.91. The van der Waals surface area contributed by atoms with Crippen molar-refractivity contribution in [3.05, 3.63) is 42.6 Å². The molecule has 3 rings (SSSR count). The van der Waals surface area contributed by atoms with Gasteiger partial charge in [0.1, 0.15) is 11.9 Å². The summed E-state index contributed by atoms with van der Waals surface area (Å²) in [6.45, 7) is 1.23. The first-order valence-electron chi connectivity index (χ1n) is 7.78. The summed E-state index contributed by atoms with van der Waals surface area (Å²) in [5.74, 6) is 1.40. The van der Waals surface area contributed by atoms with Gasteiger partial charge in [-0.05, 0) is 31.1 Å². The van der Waals surface area contributed by atoms with Gasteiger partial charge in [-0.1, -0.05) is 0 Å². The van der Waals surface area contributed by atoms with Gasteiger partial charge in [0.15, 0.2) is 0 Å². The number of hydrogen-bond acceptors (Lipinski definition) is 6. The Labute approximate surface area is 139 Å². The van der Waals surface area contributed by atoms with Crippen molar-refractivity contribution in [1.82, 2.24) is 14.9 Å². The Bertz CT molecular complexity index is 700. The van der Waals surface area contributed by atoms with Crippen LogP contribution in [0.2, 0.25) is 0 Å². The SMILES string of the molecule is COc1cncc(O[C@@H]2CCCN(C(=O)/C=C/c3ccco3)C2)n1. The molecular weight excluding hydrogens is 310 g/mol. The van der Waals surface area contributed by atoms with E-state index in [1.807, 2.05) is 0 Å². The van der Waals surface area contributed by atoms with Crippen LogP contribution in [-0.2, 0) is 4.79 Å². The quantitative estimate of drug-likeness (QED) is 0.782. The Morgan fingerprint density at radius 3 is 3.08 bits per heavy atom. The van der Waals surface area contributed by atoms with E-state index in [4.69, 9.17) is 13.9 Å². The van der Waals surface area contributed by atoms with Crippen LogP contribution in [0.4, 0.5) is 0 Å². The highest BCUT2D eigenvalue weighted by Crippen LogP contribution is 2.18. The molecule has 1 atom stereocenters. The van der Waals surface area contributed by atoms with Crippen molar-refractivity contribution < 1.29 is 18.7 Å². The van der Waals surface area contributed by atoms with Gasteiger partial charge in [-0.25, -0.2) is 0 Å². The van der Waals surface area contributed by atoms with Gasteiger partial charge in [0.2, 0.25) is 17.7 Å². The third-order valence-electron chi connectivity index (χ3n) is 3.71. The minimum absolute atomic E-state index is 0.0589. The van der Waals surface area contributed by atoms with Crippen LogP contribution in [0.5, 0.6) is 11.8 Å². The molecule has 0 saturated carbocycles. The Kier molecular flexibility index (Phi) is 5.10. The molecule has 2 aromatic heterocycles. The molecule has 1 saturated heterocycles. The van der Waals surface area contributed by atoms with Crippen molar-refractivity contribution in [3.63, 3.8) is 0 Å². The highest BCUT2D eigenvalue weighted by Gasteiger charge is 2.24. The summed E-state index contributed by atoms with van der Waals surface area (Å²) >= 11 is 0. The molecule has 0 N–H and O–H groups in total. The molecule has 24 heavy (non-hydrogen) atoms. The number of carbonyl (C=O) groups excluding carboxylic acids is 1. The van der Waals surface area contributed by atoms with Crippen LogP contribution in [0.1, 0.15) is 18.6 Å². The third-order valence-corrected chi connectivity index (χ3v) is 3.71. The second-order valence-electron chi connectivity index (χ2n) is 5.41. The van der Waals surface area contributed by atoms with Gasteiger partial charge in [0.25, 0.3) is 0 Å². The number of likely N-dealkylation sites (tertiary alicyclic amines) is 1. The van der Waals surface area contributed by atoms with Crippen molar-refractivity contribution in [2.24, 2.45) is 0 Å². The normalized spacial score (nSPS) is 17.9. The van der Waals surface area contributed by atoms with Gasteiger partial charge in [0, 0.05) is 12.6 Å². The summed E-state index contributed by atoms with van der Waals surface area (Å²) in [7, 11) is 1.53. The van der Waals surface area contributed by atoms with Gasteiger partial charge in [-0.2, -0.15) is 4.98 Å². The molecular formula is C17H19N3O4. The number of amides is 1. The average molecular weight is 329 g/mol. The van der Waals surface area contributed by atoms with Gasteiger partial charge in [-0.3, -0.25) is 9.78 Å². The van der Waals surface area contributed by atoms with Crippen molar-refractivity contribution in [3.8, 4) is 11.8 Å². The highest BCUT2D eigenvalue weighted by atomic mass is 16.5. The maximum absolute atomic E-state index is 12.3. The van der Waals surface area contributed by atoms with Crippen LogP contribution < -0.4 is 9.47 Å². The van der Waals surface area contributed by atoms with Gasteiger partial charge < -0.3 is 18.8 Å². The first kappa shape index (κ1) is 16.0. The monoisotopic (exact) mass is 329 g/mol. The molecule has 7 nitrogen and oxygen atoms in total. The van der Waals surface area contributed by atoms with E-state index in [0.29, 0.717) is 30.6 Å². The van der Waals surface area contributed by atoms with Crippen molar-refractivity contribution >= 4 is 12.0 Å². The molecule has 0 aromatic carbocycles. The number of furan rings is 1. The predicted molar refractivity (Wildman–Crippen MR) is 86.6 cm³/mol. The lowest BCUT2D eigenvalue weighted by atomic mass is 10.1. The average Bonchev–Trinajstić information content (AvgIpc) is 3.13. The summed E-state index contributed by atoms with van der Waals surface area (Å²) in [5.41, 5.74) is 0. The van der Waals surface area contributed by atoms with Gasteiger partial charge in [0.05, 0.1) is 32.3 Å². The summed E-state index contributed by atoms with van der Waals surface area (Å²) in [6, 6.07) is 3.58. The van der Waals surface area contributed by atoms with Crippen molar-refractivity contribution in [2.45, 2.75) is 18.9 Å². The van der Waals surface area contributed by atoms with E-state index in [1.54, 1.807) is 35.6 Å². The zero-order valence-electron chi connectivity index (χ0n) is 13.4. The largest absolute Gasteiger partial charge is 0.480 e. The molecule has 0 bridgehead atoms. The van der Waals surface area contributed by atoms with Gasteiger partial charge in [-0.15, -0.1) is 0 Å². The Balaban J connectivity index is 1.58. The molecule has 1 aliphatic rings. The van der Waals surface area contributed by atoms with E-state index in [0.717, 1.165) is 12.8 Å². The molecule has 0 radical (unpaired) electrons. The number of ether oxygens (including phenoxy) is 2. The number of hydrogen-bond donors (Lipinski definition) is 0. The minimum Gasteiger partial charge on any atom is -0.480 e. The number of nitrogens with zero attached hydrogens (tertiary/aromatic N) is 3. The lowest BCUT2D eigenvalue weighted by molar-refractivity contribution is -0.128.